The lowest BCUT2D eigenvalue weighted by molar-refractivity contribution is 0.203. The van der Waals surface area contributed by atoms with Crippen molar-refractivity contribution in [3.63, 3.8) is 0 Å². The first-order valence-electron chi connectivity index (χ1n) is 4.77. The van der Waals surface area contributed by atoms with Crippen molar-refractivity contribution in [2.24, 2.45) is 4.99 Å². The maximum atomic E-state index is 4.93. The van der Waals surface area contributed by atoms with E-state index in [1.54, 1.807) is 14.2 Å². The van der Waals surface area contributed by atoms with Crippen LogP contribution in [-0.4, -0.2) is 51.8 Å². The van der Waals surface area contributed by atoms with Gasteiger partial charge in [-0.2, -0.15) is 11.8 Å². The molecule has 0 spiro atoms. The van der Waals surface area contributed by atoms with Crippen LogP contribution >= 0.6 is 11.8 Å². The first kappa shape index (κ1) is 13.6. The number of guanidine groups is 1. The highest BCUT2D eigenvalue weighted by Gasteiger charge is 1.94. The quantitative estimate of drug-likeness (QED) is 0.373. The minimum atomic E-state index is 0.700. The second-order valence-electron chi connectivity index (χ2n) is 2.76. The molecule has 0 rings (SSSR count). The Morgan fingerprint density at radius 2 is 2.07 bits per heavy atom. The molecule has 0 aliphatic heterocycles. The molecule has 14 heavy (non-hydrogen) atoms. The lowest BCUT2D eigenvalue weighted by atomic mass is 10.5. The lowest BCUT2D eigenvalue weighted by Gasteiger charge is -2.10. The van der Waals surface area contributed by atoms with Crippen LogP contribution in [0, 0.1) is 0 Å². The molecular formula is C9H21N3OS. The summed E-state index contributed by atoms with van der Waals surface area (Å²) in [5.74, 6) is 2.03. The van der Waals surface area contributed by atoms with Crippen molar-refractivity contribution < 1.29 is 4.74 Å². The predicted octanol–water partition coefficient (Wildman–Crippen LogP) is 0.551. The fraction of sp³-hybridized carbons (Fsp3) is 0.889. The lowest BCUT2D eigenvalue weighted by Crippen LogP contribution is -2.39. The minimum Gasteiger partial charge on any atom is -0.383 e. The van der Waals surface area contributed by atoms with Crippen LogP contribution in [0.4, 0.5) is 0 Å². The standard InChI is InChI=1S/C9H21N3OS/c1-10-9(12-6-7-13-2)11-5-4-8-14-3/h4-8H2,1-3H3,(H2,10,11,12). The summed E-state index contributed by atoms with van der Waals surface area (Å²) in [7, 11) is 3.47. The van der Waals surface area contributed by atoms with Crippen LogP contribution < -0.4 is 10.6 Å². The van der Waals surface area contributed by atoms with Crippen LogP contribution in [0.2, 0.25) is 0 Å². The second-order valence-corrected chi connectivity index (χ2v) is 3.75. The topological polar surface area (TPSA) is 45.7 Å². The first-order valence-corrected chi connectivity index (χ1v) is 6.17. The van der Waals surface area contributed by atoms with Crippen molar-refractivity contribution in [3.05, 3.63) is 0 Å². The predicted molar refractivity (Wildman–Crippen MR) is 64.2 cm³/mol. The third-order valence-electron chi connectivity index (χ3n) is 1.64. The van der Waals surface area contributed by atoms with E-state index in [9.17, 15) is 0 Å². The minimum absolute atomic E-state index is 0.700. The van der Waals surface area contributed by atoms with Gasteiger partial charge in [-0.25, -0.2) is 0 Å². The molecule has 4 nitrogen and oxygen atoms in total. The summed E-state index contributed by atoms with van der Waals surface area (Å²) in [4.78, 5) is 4.09. The van der Waals surface area contributed by atoms with Gasteiger partial charge >= 0.3 is 0 Å². The maximum absolute atomic E-state index is 4.93. The average Bonchev–Trinajstić information content (AvgIpc) is 2.22. The van der Waals surface area contributed by atoms with E-state index in [0.717, 1.165) is 25.5 Å². The summed E-state index contributed by atoms with van der Waals surface area (Å²) >= 11 is 1.86. The normalized spacial score (nSPS) is 11.5. The Hall–Kier alpha value is -0.420. The van der Waals surface area contributed by atoms with Gasteiger partial charge in [0.2, 0.25) is 0 Å². The molecule has 0 amide bonds. The fourth-order valence-corrected chi connectivity index (χ4v) is 1.35. The van der Waals surface area contributed by atoms with Crippen LogP contribution in [0.15, 0.2) is 4.99 Å². The van der Waals surface area contributed by atoms with E-state index in [1.165, 1.54) is 5.75 Å². The Balaban J connectivity index is 3.39. The van der Waals surface area contributed by atoms with Gasteiger partial charge in [-0.3, -0.25) is 4.99 Å². The maximum Gasteiger partial charge on any atom is 0.191 e. The highest BCUT2D eigenvalue weighted by Crippen LogP contribution is 1.92. The van der Waals surface area contributed by atoms with Gasteiger partial charge in [-0.1, -0.05) is 0 Å². The zero-order valence-electron chi connectivity index (χ0n) is 9.30. The van der Waals surface area contributed by atoms with Crippen molar-refractivity contribution in [2.45, 2.75) is 6.42 Å². The number of hydrogen-bond donors (Lipinski definition) is 2. The summed E-state index contributed by atoms with van der Waals surface area (Å²) in [6.45, 7) is 2.46. The molecule has 0 aromatic heterocycles. The van der Waals surface area contributed by atoms with Gasteiger partial charge in [-0.15, -0.1) is 0 Å². The molecule has 0 bridgehead atoms. The number of methoxy groups -OCH3 is 1. The van der Waals surface area contributed by atoms with Gasteiger partial charge in [0, 0.05) is 27.2 Å². The van der Waals surface area contributed by atoms with E-state index in [2.05, 4.69) is 21.9 Å². The number of ether oxygens (including phenoxy) is 1. The molecule has 5 heteroatoms. The van der Waals surface area contributed by atoms with E-state index < -0.39 is 0 Å². The molecule has 0 unspecified atom stereocenters. The van der Waals surface area contributed by atoms with E-state index in [4.69, 9.17) is 4.74 Å². The van der Waals surface area contributed by atoms with Gasteiger partial charge in [-0.05, 0) is 18.4 Å². The monoisotopic (exact) mass is 219 g/mol. The number of thioether (sulfide) groups is 1. The average molecular weight is 219 g/mol. The van der Waals surface area contributed by atoms with Gasteiger partial charge in [0.15, 0.2) is 5.96 Å². The number of nitrogens with one attached hydrogen (secondary N) is 2. The van der Waals surface area contributed by atoms with E-state index in [0.29, 0.717) is 6.61 Å². The van der Waals surface area contributed by atoms with Crippen molar-refractivity contribution >= 4 is 17.7 Å². The van der Waals surface area contributed by atoms with Gasteiger partial charge in [0.25, 0.3) is 0 Å². The molecule has 0 fully saturated rings. The summed E-state index contributed by atoms with van der Waals surface area (Å²) in [5.41, 5.74) is 0. The number of nitrogens with zero attached hydrogens (tertiary/aromatic N) is 1. The molecule has 0 aliphatic carbocycles. The van der Waals surface area contributed by atoms with Crippen molar-refractivity contribution in [2.75, 3.05) is 45.9 Å². The summed E-state index contributed by atoms with van der Waals surface area (Å²) < 4.78 is 4.93. The van der Waals surface area contributed by atoms with Crippen molar-refractivity contribution in [1.82, 2.24) is 10.6 Å². The Morgan fingerprint density at radius 1 is 1.36 bits per heavy atom. The number of aliphatic imine (C=N–C) groups is 1. The van der Waals surface area contributed by atoms with Crippen LogP contribution in [0.3, 0.4) is 0 Å². The Labute approximate surface area is 90.9 Å². The molecule has 0 aromatic carbocycles. The first-order chi connectivity index (χ1) is 6.85. The van der Waals surface area contributed by atoms with Crippen molar-refractivity contribution in [3.8, 4) is 0 Å². The fourth-order valence-electron chi connectivity index (χ4n) is 0.915. The molecule has 0 aromatic rings. The van der Waals surface area contributed by atoms with Crippen LogP contribution in [0.25, 0.3) is 0 Å². The molecule has 0 saturated heterocycles. The number of rotatable bonds is 7. The zero-order chi connectivity index (χ0) is 10.6. The smallest absolute Gasteiger partial charge is 0.191 e. The van der Waals surface area contributed by atoms with E-state index in [-0.39, 0.29) is 0 Å². The SMILES string of the molecule is CN=C(NCCCSC)NCCOC. The Kier molecular flexibility index (Phi) is 10.3. The second kappa shape index (κ2) is 10.7. The van der Waals surface area contributed by atoms with Crippen LogP contribution in [0.1, 0.15) is 6.42 Å². The Morgan fingerprint density at radius 3 is 2.64 bits per heavy atom. The Bertz CT molecular complexity index is 153. The molecule has 0 saturated carbocycles. The highest BCUT2D eigenvalue weighted by molar-refractivity contribution is 7.98. The zero-order valence-corrected chi connectivity index (χ0v) is 10.1. The van der Waals surface area contributed by atoms with Gasteiger partial charge < -0.3 is 15.4 Å². The molecule has 2 N–H and O–H groups in total. The molecule has 0 heterocycles. The van der Waals surface area contributed by atoms with E-state index >= 15 is 0 Å². The molecule has 0 aliphatic rings. The van der Waals surface area contributed by atoms with Crippen LogP contribution in [0.5, 0.6) is 0 Å². The summed E-state index contributed by atoms with van der Waals surface area (Å²) in [6, 6.07) is 0. The van der Waals surface area contributed by atoms with Gasteiger partial charge in [0.1, 0.15) is 0 Å². The highest BCUT2D eigenvalue weighted by atomic mass is 32.2. The molecule has 0 radical (unpaired) electrons. The summed E-state index contributed by atoms with van der Waals surface area (Å²) in [6.07, 6.45) is 3.28. The van der Waals surface area contributed by atoms with E-state index in [1.807, 2.05) is 11.8 Å². The summed E-state index contributed by atoms with van der Waals surface area (Å²) in [5, 5.41) is 6.39. The number of hydrogen-bond acceptors (Lipinski definition) is 3. The van der Waals surface area contributed by atoms with Gasteiger partial charge in [0.05, 0.1) is 6.61 Å². The molecule has 84 valence electrons. The largest absolute Gasteiger partial charge is 0.383 e. The molecular weight excluding hydrogens is 198 g/mol. The third-order valence-corrected chi connectivity index (χ3v) is 2.34. The van der Waals surface area contributed by atoms with Crippen molar-refractivity contribution in [1.29, 1.82) is 0 Å². The van der Waals surface area contributed by atoms with Crippen LogP contribution in [-0.2, 0) is 4.74 Å². The third kappa shape index (κ3) is 8.19. The molecule has 0 atom stereocenters.